The molecule has 0 aliphatic rings. The van der Waals surface area contributed by atoms with Crippen LogP contribution in [0.5, 0.6) is 0 Å². The van der Waals surface area contributed by atoms with Crippen molar-refractivity contribution < 1.29 is 14.3 Å². The predicted octanol–water partition coefficient (Wildman–Crippen LogP) is 0.515. The second-order valence-electron chi connectivity index (χ2n) is 3.33. The van der Waals surface area contributed by atoms with Crippen molar-refractivity contribution in [1.82, 2.24) is 9.97 Å². The standard InChI is InChI=1S/C11H9N3O3/c1-17-11(16)8-4-13-5-9-7(8)2-6(3-14-9)10(12)15/h2-5H,1H3,(H2,12,15). The molecule has 1 amide bonds. The van der Waals surface area contributed by atoms with E-state index < -0.39 is 11.9 Å². The highest BCUT2D eigenvalue weighted by atomic mass is 16.5. The van der Waals surface area contributed by atoms with Crippen molar-refractivity contribution in [3.05, 3.63) is 35.8 Å². The van der Waals surface area contributed by atoms with Gasteiger partial charge in [0.05, 0.1) is 30.0 Å². The first kappa shape index (κ1) is 11.0. The Balaban J connectivity index is 2.72. The van der Waals surface area contributed by atoms with E-state index in [2.05, 4.69) is 14.7 Å². The summed E-state index contributed by atoms with van der Waals surface area (Å²) in [4.78, 5) is 30.4. The number of aromatic nitrogens is 2. The summed E-state index contributed by atoms with van der Waals surface area (Å²) in [5.74, 6) is -1.14. The van der Waals surface area contributed by atoms with E-state index >= 15 is 0 Å². The summed E-state index contributed by atoms with van der Waals surface area (Å²) < 4.78 is 4.62. The van der Waals surface area contributed by atoms with Gasteiger partial charge in [0.25, 0.3) is 0 Å². The number of nitrogens with zero attached hydrogens (tertiary/aromatic N) is 2. The molecule has 17 heavy (non-hydrogen) atoms. The molecular formula is C11H9N3O3. The number of nitrogens with two attached hydrogens (primary N) is 1. The van der Waals surface area contributed by atoms with Crippen LogP contribution in [0, 0.1) is 0 Å². The molecule has 2 heterocycles. The van der Waals surface area contributed by atoms with Gasteiger partial charge in [0, 0.05) is 17.8 Å². The Morgan fingerprint density at radius 3 is 2.71 bits per heavy atom. The van der Waals surface area contributed by atoms with Gasteiger partial charge in [-0.05, 0) is 6.07 Å². The van der Waals surface area contributed by atoms with Crippen LogP contribution >= 0.6 is 0 Å². The Hall–Kier alpha value is -2.50. The summed E-state index contributed by atoms with van der Waals surface area (Å²) in [5.41, 5.74) is 6.13. The van der Waals surface area contributed by atoms with E-state index in [1.54, 1.807) is 0 Å². The molecule has 2 aromatic heterocycles. The number of carbonyl (C=O) groups is 2. The Kier molecular flexibility index (Phi) is 2.70. The average Bonchev–Trinajstić information content (AvgIpc) is 2.36. The molecule has 0 fully saturated rings. The number of carbonyl (C=O) groups excluding carboxylic acids is 2. The van der Waals surface area contributed by atoms with Gasteiger partial charge >= 0.3 is 5.97 Å². The third-order valence-corrected chi connectivity index (χ3v) is 2.30. The van der Waals surface area contributed by atoms with E-state index in [0.717, 1.165) is 0 Å². The van der Waals surface area contributed by atoms with Crippen LogP contribution in [-0.4, -0.2) is 29.0 Å². The number of ether oxygens (including phenoxy) is 1. The monoisotopic (exact) mass is 231 g/mol. The zero-order valence-corrected chi connectivity index (χ0v) is 9.01. The number of pyridine rings is 2. The van der Waals surface area contributed by atoms with Gasteiger partial charge < -0.3 is 10.5 Å². The van der Waals surface area contributed by atoms with Crippen molar-refractivity contribution in [3.63, 3.8) is 0 Å². The predicted molar refractivity (Wildman–Crippen MR) is 59.4 cm³/mol. The lowest BCUT2D eigenvalue weighted by molar-refractivity contribution is 0.0602. The quantitative estimate of drug-likeness (QED) is 0.760. The molecule has 6 heteroatoms. The van der Waals surface area contributed by atoms with Crippen LogP contribution in [0.15, 0.2) is 24.7 Å². The third kappa shape index (κ3) is 1.92. The fourth-order valence-corrected chi connectivity index (χ4v) is 1.45. The molecule has 0 atom stereocenters. The summed E-state index contributed by atoms with van der Waals surface area (Å²) in [5, 5.41) is 0.489. The minimum Gasteiger partial charge on any atom is -0.465 e. The summed E-state index contributed by atoms with van der Waals surface area (Å²) in [7, 11) is 1.27. The summed E-state index contributed by atoms with van der Waals surface area (Å²) in [6, 6.07) is 1.50. The molecule has 0 unspecified atom stereocenters. The number of fused-ring (bicyclic) bond motifs is 1. The summed E-state index contributed by atoms with van der Waals surface area (Å²) in [6.07, 6.45) is 4.20. The van der Waals surface area contributed by atoms with Crippen molar-refractivity contribution in [2.75, 3.05) is 7.11 Å². The first-order valence-electron chi connectivity index (χ1n) is 4.75. The zero-order valence-electron chi connectivity index (χ0n) is 9.01. The topological polar surface area (TPSA) is 95.2 Å². The van der Waals surface area contributed by atoms with Gasteiger partial charge in [0.15, 0.2) is 0 Å². The highest BCUT2D eigenvalue weighted by Gasteiger charge is 2.13. The molecule has 2 aromatic rings. The molecule has 0 aliphatic carbocycles. The molecule has 2 N–H and O–H groups in total. The zero-order chi connectivity index (χ0) is 12.4. The molecule has 86 valence electrons. The third-order valence-electron chi connectivity index (χ3n) is 2.30. The van der Waals surface area contributed by atoms with E-state index in [1.165, 1.54) is 31.8 Å². The minimum atomic E-state index is -0.605. The van der Waals surface area contributed by atoms with Crippen LogP contribution in [0.3, 0.4) is 0 Å². The van der Waals surface area contributed by atoms with Crippen LogP contribution in [-0.2, 0) is 4.74 Å². The molecule has 6 nitrogen and oxygen atoms in total. The number of primary amides is 1. The van der Waals surface area contributed by atoms with Crippen molar-refractivity contribution >= 4 is 22.8 Å². The molecule has 0 aromatic carbocycles. The van der Waals surface area contributed by atoms with Gasteiger partial charge in [0.2, 0.25) is 5.91 Å². The van der Waals surface area contributed by atoms with Gasteiger partial charge in [-0.15, -0.1) is 0 Å². The molecule has 0 saturated heterocycles. The van der Waals surface area contributed by atoms with Gasteiger partial charge in [-0.1, -0.05) is 0 Å². The normalized spacial score (nSPS) is 10.2. The van der Waals surface area contributed by atoms with Crippen LogP contribution in [0.25, 0.3) is 10.9 Å². The molecule has 0 aliphatic heterocycles. The van der Waals surface area contributed by atoms with E-state index in [4.69, 9.17) is 5.73 Å². The number of hydrogen-bond acceptors (Lipinski definition) is 5. The largest absolute Gasteiger partial charge is 0.465 e. The Labute approximate surface area is 96.4 Å². The Morgan fingerprint density at radius 1 is 1.29 bits per heavy atom. The van der Waals surface area contributed by atoms with E-state index in [1.807, 2.05) is 0 Å². The SMILES string of the molecule is COC(=O)c1cncc2ncc(C(N)=O)cc12. The van der Waals surface area contributed by atoms with Crippen molar-refractivity contribution in [1.29, 1.82) is 0 Å². The van der Waals surface area contributed by atoms with Crippen LogP contribution in [0.1, 0.15) is 20.7 Å². The van der Waals surface area contributed by atoms with E-state index in [9.17, 15) is 9.59 Å². The maximum atomic E-state index is 11.5. The lowest BCUT2D eigenvalue weighted by Gasteiger charge is -2.04. The van der Waals surface area contributed by atoms with Crippen LogP contribution < -0.4 is 5.73 Å². The number of rotatable bonds is 2. The van der Waals surface area contributed by atoms with Gasteiger partial charge in [0.1, 0.15) is 0 Å². The number of methoxy groups -OCH3 is 1. The minimum absolute atomic E-state index is 0.230. The average molecular weight is 231 g/mol. The summed E-state index contributed by atoms with van der Waals surface area (Å²) in [6.45, 7) is 0. The highest BCUT2D eigenvalue weighted by Crippen LogP contribution is 2.17. The van der Waals surface area contributed by atoms with Crippen molar-refractivity contribution in [2.45, 2.75) is 0 Å². The maximum absolute atomic E-state index is 11.5. The molecule has 0 saturated carbocycles. The molecule has 0 radical (unpaired) electrons. The lowest BCUT2D eigenvalue weighted by Crippen LogP contribution is -2.12. The maximum Gasteiger partial charge on any atom is 0.340 e. The Morgan fingerprint density at radius 2 is 2.06 bits per heavy atom. The number of esters is 1. The van der Waals surface area contributed by atoms with Gasteiger partial charge in [-0.3, -0.25) is 14.8 Å². The van der Waals surface area contributed by atoms with E-state index in [0.29, 0.717) is 10.9 Å². The molecular weight excluding hydrogens is 222 g/mol. The summed E-state index contributed by atoms with van der Waals surface area (Å²) >= 11 is 0. The Bertz CT molecular complexity index is 610. The van der Waals surface area contributed by atoms with Crippen molar-refractivity contribution in [3.8, 4) is 0 Å². The smallest absolute Gasteiger partial charge is 0.340 e. The van der Waals surface area contributed by atoms with Crippen LogP contribution in [0.2, 0.25) is 0 Å². The fraction of sp³-hybridized carbons (Fsp3) is 0.0909. The van der Waals surface area contributed by atoms with Crippen molar-refractivity contribution in [2.24, 2.45) is 5.73 Å². The van der Waals surface area contributed by atoms with Crippen LogP contribution in [0.4, 0.5) is 0 Å². The molecule has 0 spiro atoms. The first-order chi connectivity index (χ1) is 8.13. The number of amides is 1. The van der Waals surface area contributed by atoms with E-state index in [-0.39, 0.29) is 11.1 Å². The number of hydrogen-bond donors (Lipinski definition) is 1. The van der Waals surface area contributed by atoms with Gasteiger partial charge in [-0.25, -0.2) is 4.79 Å². The lowest BCUT2D eigenvalue weighted by atomic mass is 10.1. The second-order valence-corrected chi connectivity index (χ2v) is 3.33. The fourth-order valence-electron chi connectivity index (χ4n) is 1.45. The first-order valence-corrected chi connectivity index (χ1v) is 4.75. The molecule has 2 rings (SSSR count). The highest BCUT2D eigenvalue weighted by molar-refractivity contribution is 6.05. The van der Waals surface area contributed by atoms with Gasteiger partial charge in [-0.2, -0.15) is 0 Å². The second kappa shape index (κ2) is 4.17. The molecule has 0 bridgehead atoms.